The first-order valence-electron chi connectivity index (χ1n) is 13.4. The predicted octanol–water partition coefficient (Wildman–Crippen LogP) is 6.70. The van der Waals surface area contributed by atoms with E-state index in [0.29, 0.717) is 12.8 Å². The Balaban J connectivity index is 1.88. The van der Waals surface area contributed by atoms with Gasteiger partial charge in [0.2, 0.25) is 0 Å². The number of benzene rings is 2. The number of ether oxygens (including phenoxy) is 2. The molecule has 0 amide bonds. The third-order valence-electron chi connectivity index (χ3n) is 6.52. The summed E-state index contributed by atoms with van der Waals surface area (Å²) in [6, 6.07) is 7.43. The van der Waals surface area contributed by atoms with Crippen LogP contribution in [0.4, 0.5) is 0 Å². The summed E-state index contributed by atoms with van der Waals surface area (Å²) in [6.07, 6.45) is 9.69. The van der Waals surface area contributed by atoms with Crippen LogP contribution in [0.2, 0.25) is 0 Å². The first-order valence-corrected chi connectivity index (χ1v) is 13.4. The van der Waals surface area contributed by atoms with Crippen LogP contribution in [0.3, 0.4) is 0 Å². The first kappa shape index (κ1) is 28.1. The molecule has 0 atom stereocenters. The molecule has 1 aliphatic rings. The van der Waals surface area contributed by atoms with Crippen molar-refractivity contribution in [3.05, 3.63) is 52.6 Å². The van der Waals surface area contributed by atoms with Gasteiger partial charge in [-0.2, -0.15) is 0 Å². The Morgan fingerprint density at radius 2 is 1.14 bits per heavy atom. The Morgan fingerprint density at radius 1 is 0.676 bits per heavy atom. The number of phenols is 1. The third-order valence-corrected chi connectivity index (χ3v) is 6.52. The number of rotatable bonds is 14. The van der Waals surface area contributed by atoms with Crippen LogP contribution in [-0.2, 0) is 9.59 Å². The zero-order valence-electron chi connectivity index (χ0n) is 21.8. The summed E-state index contributed by atoms with van der Waals surface area (Å²) in [5, 5.41) is 10.9. The molecule has 0 spiro atoms. The molecule has 0 aromatic heterocycles. The quantitative estimate of drug-likeness (QED) is 0.147. The van der Waals surface area contributed by atoms with E-state index in [2.05, 4.69) is 13.8 Å². The number of hydrogen-bond acceptors (Lipinski definition) is 7. The van der Waals surface area contributed by atoms with Crippen LogP contribution in [-0.4, -0.2) is 28.6 Å². The highest BCUT2D eigenvalue weighted by atomic mass is 16.5. The Kier molecular flexibility index (Phi) is 10.4. The van der Waals surface area contributed by atoms with E-state index >= 15 is 0 Å². The van der Waals surface area contributed by atoms with Crippen LogP contribution in [0.15, 0.2) is 30.3 Å². The largest absolute Gasteiger partial charge is 0.504 e. The number of esters is 2. The maximum absolute atomic E-state index is 13.3. The standard InChI is InChI=1S/C30H36O7/c1-3-5-7-9-11-17-24(31)36-22-19-23(37-25(32)18-12-10-8-6-4-2)30(35)27-26(22)28(33)20-15-13-14-16-21(20)29(27)34/h13-16,19,35H,3-12,17-18H2,1-2H3. The highest BCUT2D eigenvalue weighted by molar-refractivity contribution is 6.30. The van der Waals surface area contributed by atoms with Gasteiger partial charge in [-0.15, -0.1) is 0 Å². The van der Waals surface area contributed by atoms with Crippen molar-refractivity contribution in [3.63, 3.8) is 0 Å². The minimum Gasteiger partial charge on any atom is -0.504 e. The molecule has 0 aliphatic heterocycles. The Hall–Kier alpha value is -3.48. The maximum Gasteiger partial charge on any atom is 0.311 e. The Labute approximate surface area is 218 Å². The zero-order valence-corrected chi connectivity index (χ0v) is 21.8. The van der Waals surface area contributed by atoms with Gasteiger partial charge in [-0.05, 0) is 12.8 Å². The van der Waals surface area contributed by atoms with E-state index in [4.69, 9.17) is 9.47 Å². The molecular weight excluding hydrogens is 472 g/mol. The van der Waals surface area contributed by atoms with E-state index in [9.17, 15) is 24.3 Å². The van der Waals surface area contributed by atoms with Gasteiger partial charge in [0, 0.05) is 30.0 Å². The molecule has 0 radical (unpaired) electrons. The van der Waals surface area contributed by atoms with E-state index in [1.165, 1.54) is 12.1 Å². The molecule has 0 saturated carbocycles. The maximum atomic E-state index is 13.3. The molecular formula is C30H36O7. The molecule has 3 rings (SSSR count). The van der Waals surface area contributed by atoms with Gasteiger partial charge >= 0.3 is 11.9 Å². The van der Waals surface area contributed by atoms with Crippen LogP contribution in [0.5, 0.6) is 17.2 Å². The normalized spacial score (nSPS) is 12.2. The van der Waals surface area contributed by atoms with Crippen molar-refractivity contribution < 1.29 is 33.8 Å². The molecule has 0 heterocycles. The fourth-order valence-electron chi connectivity index (χ4n) is 4.47. The molecule has 0 saturated heterocycles. The van der Waals surface area contributed by atoms with Crippen molar-refractivity contribution in [2.24, 2.45) is 0 Å². The van der Waals surface area contributed by atoms with E-state index < -0.39 is 29.3 Å². The number of carbonyl (C=O) groups is 4. The number of fused-ring (bicyclic) bond motifs is 2. The molecule has 2 aromatic rings. The van der Waals surface area contributed by atoms with Crippen LogP contribution in [0.1, 0.15) is 123 Å². The van der Waals surface area contributed by atoms with Gasteiger partial charge in [0.1, 0.15) is 5.75 Å². The number of aromatic hydroxyl groups is 1. The Bertz CT molecular complexity index is 1150. The van der Waals surface area contributed by atoms with E-state index in [0.717, 1.165) is 57.4 Å². The second-order valence-electron chi connectivity index (χ2n) is 9.45. The second kappa shape index (κ2) is 13.7. The lowest BCUT2D eigenvalue weighted by Crippen LogP contribution is -2.23. The number of ketones is 2. The van der Waals surface area contributed by atoms with Gasteiger partial charge in [-0.3, -0.25) is 19.2 Å². The van der Waals surface area contributed by atoms with Crippen molar-refractivity contribution in [1.29, 1.82) is 0 Å². The van der Waals surface area contributed by atoms with Crippen LogP contribution >= 0.6 is 0 Å². The molecule has 2 aromatic carbocycles. The zero-order chi connectivity index (χ0) is 26.8. The van der Waals surface area contributed by atoms with Gasteiger partial charge in [0.05, 0.1) is 11.1 Å². The van der Waals surface area contributed by atoms with Gasteiger partial charge in [0.15, 0.2) is 23.1 Å². The average molecular weight is 509 g/mol. The lowest BCUT2D eigenvalue weighted by molar-refractivity contribution is -0.135. The van der Waals surface area contributed by atoms with Crippen molar-refractivity contribution in [2.75, 3.05) is 0 Å². The van der Waals surface area contributed by atoms with Crippen molar-refractivity contribution in [3.8, 4) is 17.2 Å². The van der Waals surface area contributed by atoms with Crippen LogP contribution < -0.4 is 9.47 Å². The minimum atomic E-state index is -0.610. The highest BCUT2D eigenvalue weighted by Gasteiger charge is 2.37. The van der Waals surface area contributed by atoms with Gasteiger partial charge in [0.25, 0.3) is 0 Å². The molecule has 0 bridgehead atoms. The van der Waals surface area contributed by atoms with Gasteiger partial charge < -0.3 is 14.6 Å². The lowest BCUT2D eigenvalue weighted by Gasteiger charge is -2.22. The number of hydrogen-bond donors (Lipinski definition) is 1. The second-order valence-corrected chi connectivity index (χ2v) is 9.45. The Morgan fingerprint density at radius 3 is 1.65 bits per heavy atom. The lowest BCUT2D eigenvalue weighted by atomic mass is 9.83. The monoisotopic (exact) mass is 508 g/mol. The number of unbranched alkanes of at least 4 members (excludes halogenated alkanes) is 8. The summed E-state index contributed by atoms with van der Waals surface area (Å²) in [6.45, 7) is 4.21. The molecule has 0 fully saturated rings. The topological polar surface area (TPSA) is 107 Å². The molecule has 37 heavy (non-hydrogen) atoms. The fourth-order valence-corrected chi connectivity index (χ4v) is 4.47. The third kappa shape index (κ3) is 7.06. The van der Waals surface area contributed by atoms with E-state index in [-0.39, 0.29) is 46.6 Å². The summed E-state index contributed by atoms with van der Waals surface area (Å²) in [7, 11) is 0. The van der Waals surface area contributed by atoms with Crippen molar-refractivity contribution in [2.45, 2.75) is 90.9 Å². The molecule has 7 nitrogen and oxygen atoms in total. The summed E-state index contributed by atoms with van der Waals surface area (Å²) in [5.74, 6) is -3.38. The highest BCUT2D eigenvalue weighted by Crippen LogP contribution is 2.44. The fraction of sp³-hybridized carbons (Fsp3) is 0.467. The van der Waals surface area contributed by atoms with E-state index in [1.807, 2.05) is 0 Å². The minimum absolute atomic E-state index is 0.128. The summed E-state index contributed by atoms with van der Waals surface area (Å²) < 4.78 is 10.9. The summed E-state index contributed by atoms with van der Waals surface area (Å²) in [5.41, 5.74) is -0.224. The first-order chi connectivity index (χ1) is 17.9. The molecule has 198 valence electrons. The predicted molar refractivity (Wildman–Crippen MR) is 139 cm³/mol. The smallest absolute Gasteiger partial charge is 0.311 e. The molecule has 1 N–H and O–H groups in total. The summed E-state index contributed by atoms with van der Waals surface area (Å²) >= 11 is 0. The number of carbonyl (C=O) groups excluding carboxylic acids is 4. The van der Waals surface area contributed by atoms with Crippen molar-refractivity contribution in [1.82, 2.24) is 0 Å². The van der Waals surface area contributed by atoms with Crippen LogP contribution in [0.25, 0.3) is 0 Å². The van der Waals surface area contributed by atoms with Gasteiger partial charge in [-0.1, -0.05) is 89.5 Å². The van der Waals surface area contributed by atoms with E-state index in [1.54, 1.807) is 12.1 Å². The number of phenolic OH excluding ortho intramolecular Hbond substituents is 1. The SMILES string of the molecule is CCCCCCCC(=O)Oc1cc(OC(=O)CCCCCCC)c2c(c1O)C(=O)c1ccccc1C2=O. The molecule has 1 aliphatic carbocycles. The van der Waals surface area contributed by atoms with Crippen LogP contribution in [0, 0.1) is 0 Å². The molecule has 0 unspecified atom stereocenters. The summed E-state index contributed by atoms with van der Waals surface area (Å²) in [4.78, 5) is 51.7. The van der Waals surface area contributed by atoms with Crippen molar-refractivity contribution >= 4 is 23.5 Å². The average Bonchev–Trinajstić information content (AvgIpc) is 2.88. The van der Waals surface area contributed by atoms with Gasteiger partial charge in [-0.25, -0.2) is 0 Å². The molecule has 7 heteroatoms.